The Labute approximate surface area is 198 Å². The predicted molar refractivity (Wildman–Crippen MR) is 128 cm³/mol. The Morgan fingerprint density at radius 3 is 2.15 bits per heavy atom. The van der Waals surface area contributed by atoms with Crippen molar-refractivity contribution in [1.82, 2.24) is 14.8 Å². The highest BCUT2D eigenvalue weighted by Crippen LogP contribution is 2.30. The minimum absolute atomic E-state index is 0.0111. The van der Waals surface area contributed by atoms with Crippen LogP contribution in [0.5, 0.6) is 0 Å². The zero-order valence-electron chi connectivity index (χ0n) is 20.8. The van der Waals surface area contributed by atoms with Crippen molar-refractivity contribution in [2.45, 2.75) is 77.7 Å². The Hall–Kier alpha value is -2.19. The highest BCUT2D eigenvalue weighted by Gasteiger charge is 2.36. The van der Waals surface area contributed by atoms with Crippen LogP contribution in [0.25, 0.3) is 0 Å². The SMILES string of the molecule is Cc1noc(C)c1S(=O)(=O)N1CCC(C(=O)NC(c2ccc(C(C)(C)C)cc2)C(C)C)CC1. The average Bonchev–Trinajstić information content (AvgIpc) is 3.10. The number of aromatic nitrogens is 1. The predicted octanol–water partition coefficient (Wildman–Crippen LogP) is 4.50. The van der Waals surface area contributed by atoms with Gasteiger partial charge < -0.3 is 9.84 Å². The zero-order valence-corrected chi connectivity index (χ0v) is 21.6. The Balaban J connectivity index is 1.66. The monoisotopic (exact) mass is 475 g/mol. The standard InChI is InChI=1S/C25H37N3O4S/c1-16(2)22(19-8-10-21(11-9-19)25(5,6)7)26-24(29)20-12-14-28(15-13-20)33(30,31)23-17(3)27-32-18(23)4/h8-11,16,20,22H,12-15H2,1-7H3,(H,26,29). The third kappa shape index (κ3) is 5.49. The number of sulfonamides is 1. The number of aryl methyl sites for hydroxylation is 2. The number of nitrogens with zero attached hydrogens (tertiary/aromatic N) is 2. The number of amides is 1. The van der Waals surface area contributed by atoms with Crippen LogP contribution in [0.1, 0.15) is 76.1 Å². The number of hydrogen-bond acceptors (Lipinski definition) is 5. The number of benzene rings is 1. The molecule has 0 radical (unpaired) electrons. The van der Waals surface area contributed by atoms with E-state index in [0.717, 1.165) is 5.56 Å². The summed E-state index contributed by atoms with van der Waals surface area (Å²) in [5.74, 6) is 0.304. The van der Waals surface area contributed by atoms with Gasteiger partial charge in [-0.05, 0) is 49.1 Å². The molecule has 0 saturated carbocycles. The molecule has 2 heterocycles. The van der Waals surface area contributed by atoms with Crippen LogP contribution in [0, 0.1) is 25.7 Å². The molecule has 0 spiro atoms. The van der Waals surface area contributed by atoms with Crippen LogP contribution in [0.3, 0.4) is 0 Å². The lowest BCUT2D eigenvalue weighted by Gasteiger charge is -2.32. The number of nitrogens with one attached hydrogen (secondary N) is 1. The maximum absolute atomic E-state index is 13.1. The quantitative estimate of drug-likeness (QED) is 0.664. The lowest BCUT2D eigenvalue weighted by Crippen LogP contribution is -2.44. The van der Waals surface area contributed by atoms with Crippen LogP contribution >= 0.6 is 0 Å². The lowest BCUT2D eigenvalue weighted by atomic mass is 9.85. The van der Waals surface area contributed by atoms with E-state index in [4.69, 9.17) is 4.52 Å². The molecule has 1 aromatic heterocycles. The third-order valence-electron chi connectivity index (χ3n) is 6.49. The van der Waals surface area contributed by atoms with Crippen LogP contribution in [0.15, 0.2) is 33.7 Å². The molecule has 182 valence electrons. The van der Waals surface area contributed by atoms with Crippen molar-refractivity contribution in [3.05, 3.63) is 46.8 Å². The summed E-state index contributed by atoms with van der Waals surface area (Å²) in [7, 11) is -3.68. The summed E-state index contributed by atoms with van der Waals surface area (Å²) in [5.41, 5.74) is 2.79. The highest BCUT2D eigenvalue weighted by atomic mass is 32.2. The summed E-state index contributed by atoms with van der Waals surface area (Å²) < 4.78 is 32.6. The van der Waals surface area contributed by atoms with Gasteiger partial charge in [0.05, 0.1) is 6.04 Å². The fourth-order valence-corrected chi connectivity index (χ4v) is 6.19. The molecule has 1 amide bonds. The first-order valence-electron chi connectivity index (χ1n) is 11.7. The van der Waals surface area contributed by atoms with Gasteiger partial charge in [0.2, 0.25) is 15.9 Å². The summed E-state index contributed by atoms with van der Waals surface area (Å²) in [6.45, 7) is 14.6. The first-order valence-corrected chi connectivity index (χ1v) is 13.1. The first kappa shape index (κ1) is 25.4. The van der Waals surface area contributed by atoms with E-state index < -0.39 is 10.0 Å². The van der Waals surface area contributed by atoms with Crippen LogP contribution in [-0.4, -0.2) is 36.9 Å². The Kier molecular flexibility index (Phi) is 7.39. The van der Waals surface area contributed by atoms with E-state index in [1.807, 2.05) is 0 Å². The van der Waals surface area contributed by atoms with Crippen LogP contribution in [0.4, 0.5) is 0 Å². The number of carbonyl (C=O) groups excluding carboxylic acids is 1. The van der Waals surface area contributed by atoms with E-state index in [1.54, 1.807) is 13.8 Å². The van der Waals surface area contributed by atoms with E-state index >= 15 is 0 Å². The molecule has 1 fully saturated rings. The number of rotatable bonds is 6. The molecular formula is C25H37N3O4S. The normalized spacial score (nSPS) is 17.3. The Morgan fingerprint density at radius 2 is 1.70 bits per heavy atom. The second-order valence-electron chi connectivity index (χ2n) is 10.4. The van der Waals surface area contributed by atoms with Crippen molar-refractivity contribution >= 4 is 15.9 Å². The van der Waals surface area contributed by atoms with Gasteiger partial charge in [-0.2, -0.15) is 4.31 Å². The highest BCUT2D eigenvalue weighted by molar-refractivity contribution is 7.89. The molecule has 7 nitrogen and oxygen atoms in total. The number of hydrogen-bond donors (Lipinski definition) is 1. The number of piperidine rings is 1. The minimum atomic E-state index is -3.68. The topological polar surface area (TPSA) is 92.5 Å². The van der Waals surface area contributed by atoms with Crippen LogP contribution < -0.4 is 5.32 Å². The average molecular weight is 476 g/mol. The fourth-order valence-electron chi connectivity index (χ4n) is 4.43. The second kappa shape index (κ2) is 9.58. The second-order valence-corrected chi connectivity index (χ2v) is 12.3. The Morgan fingerprint density at radius 1 is 1.12 bits per heavy atom. The van der Waals surface area contributed by atoms with Crippen LogP contribution in [0.2, 0.25) is 0 Å². The molecule has 8 heteroatoms. The molecular weight excluding hydrogens is 438 g/mol. The van der Waals surface area contributed by atoms with E-state index in [-0.39, 0.29) is 34.1 Å². The largest absolute Gasteiger partial charge is 0.360 e. The van der Waals surface area contributed by atoms with Gasteiger partial charge in [0.1, 0.15) is 10.6 Å². The van der Waals surface area contributed by atoms with E-state index in [0.29, 0.717) is 37.4 Å². The van der Waals surface area contributed by atoms with Gasteiger partial charge in [0.15, 0.2) is 5.76 Å². The number of carbonyl (C=O) groups is 1. The maximum Gasteiger partial charge on any atom is 0.248 e. The van der Waals surface area contributed by atoms with Gasteiger partial charge >= 0.3 is 0 Å². The van der Waals surface area contributed by atoms with E-state index in [2.05, 4.69) is 69.4 Å². The minimum Gasteiger partial charge on any atom is -0.360 e. The van der Waals surface area contributed by atoms with Gasteiger partial charge in [-0.1, -0.05) is 64.0 Å². The van der Waals surface area contributed by atoms with Gasteiger partial charge in [0.25, 0.3) is 0 Å². The molecule has 0 bridgehead atoms. The molecule has 1 aliphatic heterocycles. The van der Waals surface area contributed by atoms with Gasteiger partial charge in [0, 0.05) is 19.0 Å². The van der Waals surface area contributed by atoms with Crippen molar-refractivity contribution in [1.29, 1.82) is 0 Å². The molecule has 1 N–H and O–H groups in total. The molecule has 2 aromatic rings. The van der Waals surface area contributed by atoms with Gasteiger partial charge in [-0.15, -0.1) is 0 Å². The van der Waals surface area contributed by atoms with Crippen molar-refractivity contribution in [2.75, 3.05) is 13.1 Å². The molecule has 1 aromatic carbocycles. The lowest BCUT2D eigenvalue weighted by molar-refractivity contribution is -0.127. The van der Waals surface area contributed by atoms with Crippen molar-refractivity contribution in [2.24, 2.45) is 11.8 Å². The summed E-state index contributed by atoms with van der Waals surface area (Å²) in [6, 6.07) is 8.38. The fraction of sp³-hybridized carbons (Fsp3) is 0.600. The first-order chi connectivity index (χ1) is 15.3. The molecule has 1 aliphatic rings. The van der Waals surface area contributed by atoms with Gasteiger partial charge in [-0.25, -0.2) is 8.42 Å². The van der Waals surface area contributed by atoms with Crippen molar-refractivity contribution in [3.8, 4) is 0 Å². The van der Waals surface area contributed by atoms with E-state index in [9.17, 15) is 13.2 Å². The Bertz CT molecular complexity index is 1050. The molecule has 0 aliphatic carbocycles. The summed E-state index contributed by atoms with van der Waals surface area (Å²) >= 11 is 0. The van der Waals surface area contributed by atoms with Crippen LogP contribution in [-0.2, 0) is 20.2 Å². The zero-order chi connectivity index (χ0) is 24.6. The summed E-state index contributed by atoms with van der Waals surface area (Å²) in [6.07, 6.45) is 0.977. The summed E-state index contributed by atoms with van der Waals surface area (Å²) in [5, 5.41) is 7.00. The van der Waals surface area contributed by atoms with Crippen molar-refractivity contribution < 1.29 is 17.7 Å². The molecule has 33 heavy (non-hydrogen) atoms. The summed E-state index contributed by atoms with van der Waals surface area (Å²) in [4.78, 5) is 13.2. The van der Waals surface area contributed by atoms with Crippen molar-refractivity contribution in [3.63, 3.8) is 0 Å². The molecule has 1 unspecified atom stereocenters. The third-order valence-corrected chi connectivity index (χ3v) is 8.63. The molecule has 1 saturated heterocycles. The molecule has 3 rings (SSSR count). The van der Waals surface area contributed by atoms with Gasteiger partial charge in [-0.3, -0.25) is 4.79 Å². The molecule has 1 atom stereocenters. The smallest absolute Gasteiger partial charge is 0.248 e. The van der Waals surface area contributed by atoms with E-state index in [1.165, 1.54) is 9.87 Å². The maximum atomic E-state index is 13.1.